The molecule has 0 bridgehead atoms. The van der Waals surface area contributed by atoms with Crippen molar-refractivity contribution in [2.24, 2.45) is 0 Å². The lowest BCUT2D eigenvalue weighted by Crippen LogP contribution is -1.99. The smallest absolute Gasteiger partial charge is 0.118 e. The summed E-state index contributed by atoms with van der Waals surface area (Å²) in [7, 11) is 1.69. The van der Waals surface area contributed by atoms with E-state index < -0.39 is 0 Å². The molecule has 0 aliphatic carbocycles. The van der Waals surface area contributed by atoms with Crippen molar-refractivity contribution in [3.05, 3.63) is 59.8 Å². The number of methoxy groups -OCH3 is 1. The fraction of sp³-hybridized carbons (Fsp3) is 0.286. The second kappa shape index (κ2) is 6.82. The summed E-state index contributed by atoms with van der Waals surface area (Å²) in [5.74, 6) is 0.876. The van der Waals surface area contributed by atoms with Crippen LogP contribution in [0.5, 0.6) is 5.75 Å². The monoisotopic (exact) mass is 305 g/mol. The van der Waals surface area contributed by atoms with Crippen molar-refractivity contribution in [2.45, 2.75) is 33.1 Å². The molecule has 1 heterocycles. The van der Waals surface area contributed by atoms with Gasteiger partial charge in [-0.05, 0) is 55.0 Å². The number of pyridine rings is 1. The summed E-state index contributed by atoms with van der Waals surface area (Å²) >= 11 is 0. The Labute approximate surface area is 138 Å². The van der Waals surface area contributed by atoms with Crippen LogP contribution in [0.4, 0.5) is 0 Å². The van der Waals surface area contributed by atoms with E-state index >= 15 is 0 Å². The van der Waals surface area contributed by atoms with Gasteiger partial charge >= 0.3 is 0 Å². The molecule has 2 heteroatoms. The van der Waals surface area contributed by atoms with Crippen LogP contribution in [-0.4, -0.2) is 12.1 Å². The highest BCUT2D eigenvalue weighted by Gasteiger charge is 2.13. The first kappa shape index (κ1) is 15.5. The average molecular weight is 305 g/mol. The van der Waals surface area contributed by atoms with Crippen LogP contribution in [0.25, 0.3) is 22.0 Å². The molecule has 0 spiro atoms. The van der Waals surface area contributed by atoms with Gasteiger partial charge in [0.25, 0.3) is 0 Å². The van der Waals surface area contributed by atoms with Gasteiger partial charge in [-0.2, -0.15) is 0 Å². The number of fused-ring (bicyclic) bond motifs is 1. The summed E-state index contributed by atoms with van der Waals surface area (Å²) in [4.78, 5) is 4.94. The Morgan fingerprint density at radius 3 is 2.30 bits per heavy atom. The van der Waals surface area contributed by atoms with E-state index in [1.807, 2.05) is 12.1 Å². The van der Waals surface area contributed by atoms with Gasteiger partial charge in [0.2, 0.25) is 0 Å². The molecule has 0 amide bonds. The van der Waals surface area contributed by atoms with Gasteiger partial charge in [-0.3, -0.25) is 4.98 Å². The van der Waals surface area contributed by atoms with Crippen LogP contribution < -0.4 is 4.74 Å². The summed E-state index contributed by atoms with van der Waals surface area (Å²) in [5, 5.41) is 2.59. The Balaban J connectivity index is 2.20. The molecule has 23 heavy (non-hydrogen) atoms. The van der Waals surface area contributed by atoms with Crippen LogP contribution in [0.3, 0.4) is 0 Å². The Morgan fingerprint density at radius 1 is 0.957 bits per heavy atom. The Morgan fingerprint density at radius 2 is 1.65 bits per heavy atom. The molecular formula is C21H23NO. The van der Waals surface area contributed by atoms with Gasteiger partial charge < -0.3 is 4.74 Å². The van der Waals surface area contributed by atoms with Crippen LogP contribution in [0, 0.1) is 6.92 Å². The van der Waals surface area contributed by atoms with Gasteiger partial charge in [0.15, 0.2) is 0 Å². The van der Waals surface area contributed by atoms with Crippen molar-refractivity contribution in [1.82, 2.24) is 4.98 Å². The first-order valence-electron chi connectivity index (χ1n) is 8.27. The summed E-state index contributed by atoms with van der Waals surface area (Å²) in [6.45, 7) is 4.33. The van der Waals surface area contributed by atoms with Gasteiger partial charge in [0.05, 0.1) is 12.8 Å². The Kier molecular flexibility index (Phi) is 4.61. The topological polar surface area (TPSA) is 22.1 Å². The van der Waals surface area contributed by atoms with E-state index in [1.165, 1.54) is 29.2 Å². The Hall–Kier alpha value is -2.35. The van der Waals surface area contributed by atoms with Gasteiger partial charge in [-0.25, -0.2) is 0 Å². The third-order valence-corrected chi connectivity index (χ3v) is 4.35. The van der Waals surface area contributed by atoms with Crippen LogP contribution in [0.2, 0.25) is 0 Å². The van der Waals surface area contributed by atoms with E-state index in [9.17, 15) is 0 Å². The molecule has 0 aliphatic rings. The van der Waals surface area contributed by atoms with E-state index in [-0.39, 0.29) is 0 Å². The predicted molar refractivity (Wildman–Crippen MR) is 97.1 cm³/mol. The molecule has 3 rings (SSSR count). The van der Waals surface area contributed by atoms with Crippen LogP contribution in [-0.2, 0) is 6.42 Å². The molecule has 0 radical (unpaired) electrons. The number of aromatic nitrogens is 1. The molecule has 0 aliphatic heterocycles. The molecule has 0 fully saturated rings. The minimum atomic E-state index is 0.876. The largest absolute Gasteiger partial charge is 0.497 e. The number of hydrogen-bond donors (Lipinski definition) is 0. The first-order chi connectivity index (χ1) is 11.2. The number of aryl methyl sites for hydroxylation is 2. The highest BCUT2D eigenvalue weighted by atomic mass is 16.5. The zero-order chi connectivity index (χ0) is 16.2. The maximum Gasteiger partial charge on any atom is 0.118 e. The van der Waals surface area contributed by atoms with Gasteiger partial charge in [-0.15, -0.1) is 0 Å². The summed E-state index contributed by atoms with van der Waals surface area (Å²) < 4.78 is 5.27. The molecule has 3 aromatic rings. The lowest BCUT2D eigenvalue weighted by molar-refractivity contribution is 0.415. The second-order valence-electron chi connectivity index (χ2n) is 5.90. The second-order valence-corrected chi connectivity index (χ2v) is 5.90. The summed E-state index contributed by atoms with van der Waals surface area (Å²) in [6.07, 6.45) is 3.42. The SMILES string of the molecule is CCCCc1c(-c2ccc(OC)cc2)nc(C)c2ccccc12. The van der Waals surface area contributed by atoms with Crippen molar-refractivity contribution < 1.29 is 4.74 Å². The van der Waals surface area contributed by atoms with Crippen molar-refractivity contribution in [3.8, 4) is 17.0 Å². The fourth-order valence-corrected chi connectivity index (χ4v) is 3.08. The summed E-state index contributed by atoms with van der Waals surface area (Å²) in [5.41, 5.74) is 4.72. The quantitative estimate of drug-likeness (QED) is 0.615. The molecule has 1 aromatic heterocycles. The van der Waals surface area contributed by atoms with Crippen molar-refractivity contribution in [3.63, 3.8) is 0 Å². The molecule has 0 unspecified atom stereocenters. The molecule has 0 N–H and O–H groups in total. The standard InChI is InChI=1S/C21H23NO/c1-4-5-8-20-19-10-7-6-9-18(19)15(2)22-21(20)16-11-13-17(23-3)14-12-16/h6-7,9-14H,4-5,8H2,1-3H3. The first-order valence-corrected chi connectivity index (χ1v) is 8.27. The van der Waals surface area contributed by atoms with Gasteiger partial charge in [-0.1, -0.05) is 37.6 Å². The minimum Gasteiger partial charge on any atom is -0.497 e. The van der Waals surface area contributed by atoms with Crippen molar-refractivity contribution in [2.75, 3.05) is 7.11 Å². The molecule has 0 saturated heterocycles. The lowest BCUT2D eigenvalue weighted by atomic mass is 9.94. The molecule has 0 saturated carbocycles. The molecule has 2 nitrogen and oxygen atoms in total. The predicted octanol–water partition coefficient (Wildman–Crippen LogP) is 5.56. The van der Waals surface area contributed by atoms with E-state index in [0.29, 0.717) is 0 Å². The van der Waals surface area contributed by atoms with Crippen LogP contribution in [0.15, 0.2) is 48.5 Å². The Bertz CT molecular complexity index is 806. The number of rotatable bonds is 5. The van der Waals surface area contributed by atoms with E-state index in [0.717, 1.165) is 29.1 Å². The fourth-order valence-electron chi connectivity index (χ4n) is 3.08. The maximum absolute atomic E-state index is 5.27. The average Bonchev–Trinajstić information content (AvgIpc) is 2.61. The zero-order valence-corrected chi connectivity index (χ0v) is 14.1. The molecular weight excluding hydrogens is 282 g/mol. The zero-order valence-electron chi connectivity index (χ0n) is 14.1. The minimum absolute atomic E-state index is 0.876. The molecule has 118 valence electrons. The highest BCUT2D eigenvalue weighted by Crippen LogP contribution is 2.32. The third kappa shape index (κ3) is 3.07. The third-order valence-electron chi connectivity index (χ3n) is 4.35. The normalized spacial score (nSPS) is 10.9. The maximum atomic E-state index is 5.27. The van der Waals surface area contributed by atoms with E-state index in [2.05, 4.69) is 50.2 Å². The lowest BCUT2D eigenvalue weighted by Gasteiger charge is -2.15. The van der Waals surface area contributed by atoms with Gasteiger partial charge in [0, 0.05) is 16.6 Å². The molecule has 2 aromatic carbocycles. The van der Waals surface area contributed by atoms with Crippen LogP contribution in [0.1, 0.15) is 31.0 Å². The van der Waals surface area contributed by atoms with Crippen LogP contribution >= 0.6 is 0 Å². The van der Waals surface area contributed by atoms with E-state index in [4.69, 9.17) is 9.72 Å². The number of hydrogen-bond acceptors (Lipinski definition) is 2. The highest BCUT2D eigenvalue weighted by molar-refractivity contribution is 5.91. The van der Waals surface area contributed by atoms with Crippen molar-refractivity contribution >= 4 is 10.8 Å². The van der Waals surface area contributed by atoms with E-state index in [1.54, 1.807) is 7.11 Å². The van der Waals surface area contributed by atoms with Gasteiger partial charge in [0.1, 0.15) is 5.75 Å². The number of nitrogens with zero attached hydrogens (tertiary/aromatic N) is 1. The molecule has 0 atom stereocenters. The van der Waals surface area contributed by atoms with Crippen molar-refractivity contribution in [1.29, 1.82) is 0 Å². The number of benzene rings is 2. The number of ether oxygens (including phenoxy) is 1. The summed E-state index contributed by atoms with van der Waals surface area (Å²) in [6, 6.07) is 16.8. The number of unbranched alkanes of at least 4 members (excludes halogenated alkanes) is 1.